The minimum atomic E-state index is -1.03. The van der Waals surface area contributed by atoms with Crippen LogP contribution in [0.25, 0.3) is 0 Å². The zero-order valence-corrected chi connectivity index (χ0v) is 18.3. The Morgan fingerprint density at radius 1 is 1.07 bits per heavy atom. The van der Waals surface area contributed by atoms with Gasteiger partial charge in [-0.2, -0.15) is 0 Å². The average molecular weight is 456 g/mol. The monoisotopic (exact) mass is 455 g/mol. The molecule has 1 saturated heterocycles. The van der Waals surface area contributed by atoms with Gasteiger partial charge in [0.15, 0.2) is 0 Å². The highest BCUT2D eigenvalue weighted by Gasteiger charge is 2.37. The number of carboxylic acid groups (broad SMARTS) is 1. The fourth-order valence-electron chi connectivity index (χ4n) is 4.37. The summed E-state index contributed by atoms with van der Waals surface area (Å²) in [5, 5.41) is 14.1. The summed E-state index contributed by atoms with van der Waals surface area (Å²) in [5.41, 5.74) is 3.54. The van der Waals surface area contributed by atoms with E-state index >= 15 is 0 Å². The minimum Gasteiger partial charge on any atom is -0.481 e. The van der Waals surface area contributed by atoms with Crippen LogP contribution in [0.3, 0.4) is 0 Å². The molecule has 164 valence electrons. The van der Waals surface area contributed by atoms with E-state index in [0.29, 0.717) is 10.4 Å². The first-order chi connectivity index (χ1) is 14.3. The fraction of sp³-hybridized carbons (Fsp3) is 0.571. The zero-order valence-electron chi connectivity index (χ0n) is 16.8. The van der Waals surface area contributed by atoms with Gasteiger partial charge in [-0.15, -0.1) is 0 Å². The van der Waals surface area contributed by atoms with E-state index in [1.165, 1.54) is 43.9 Å². The number of aliphatic carboxylic acids is 1. The predicted octanol–water partition coefficient (Wildman–Crippen LogP) is 3.64. The largest absolute Gasteiger partial charge is 0.481 e. The number of hydrogen-bond donors (Lipinski definition) is 3. The Morgan fingerprint density at radius 3 is 2.33 bits per heavy atom. The van der Waals surface area contributed by atoms with Crippen LogP contribution in [-0.4, -0.2) is 47.0 Å². The van der Waals surface area contributed by atoms with Crippen LogP contribution < -0.4 is 10.7 Å². The second kappa shape index (κ2) is 9.98. The summed E-state index contributed by atoms with van der Waals surface area (Å²) in [4.78, 5) is 36.4. The molecule has 1 aromatic rings. The van der Waals surface area contributed by atoms with Gasteiger partial charge in [0, 0.05) is 25.1 Å². The molecule has 3 N–H and O–H groups in total. The molecule has 3 rings (SSSR count). The van der Waals surface area contributed by atoms with Crippen molar-refractivity contribution in [3.63, 3.8) is 0 Å². The van der Waals surface area contributed by atoms with Crippen molar-refractivity contribution in [3.05, 3.63) is 33.8 Å². The number of carboxylic acids is 1. The SMILES string of the molecule is O=C(O)CC[C@H](NC(=O)c1ccc(Cl)c(Cl)c1)C(=O)NN1CCC2(CCCC2)CC1. The highest BCUT2D eigenvalue weighted by Crippen LogP contribution is 2.45. The standard InChI is InChI=1S/C21H27Cl2N3O4/c22-15-4-3-14(13-16(15)23)19(29)24-17(5-6-18(27)28)20(30)25-26-11-9-21(10-12-26)7-1-2-8-21/h3-4,13,17H,1-2,5-12H2,(H,24,29)(H,25,30)(H,27,28)/t17-/m0/s1. The van der Waals surface area contributed by atoms with Crippen molar-refractivity contribution < 1.29 is 19.5 Å². The van der Waals surface area contributed by atoms with Crippen molar-refractivity contribution in [2.75, 3.05) is 13.1 Å². The highest BCUT2D eigenvalue weighted by atomic mass is 35.5. The molecule has 1 saturated carbocycles. The van der Waals surface area contributed by atoms with Crippen LogP contribution in [0.15, 0.2) is 18.2 Å². The molecule has 0 radical (unpaired) electrons. The molecule has 1 spiro atoms. The number of carbonyl (C=O) groups is 3. The van der Waals surface area contributed by atoms with E-state index in [9.17, 15) is 14.4 Å². The lowest BCUT2D eigenvalue weighted by atomic mass is 9.77. The van der Waals surface area contributed by atoms with Gasteiger partial charge in [-0.1, -0.05) is 36.0 Å². The maximum Gasteiger partial charge on any atom is 0.303 e. The normalized spacial score (nSPS) is 19.4. The molecule has 2 fully saturated rings. The third-order valence-corrected chi connectivity index (χ3v) is 6.95. The molecule has 2 aliphatic rings. The van der Waals surface area contributed by atoms with E-state index < -0.39 is 23.8 Å². The van der Waals surface area contributed by atoms with Crippen LogP contribution in [0, 0.1) is 5.41 Å². The van der Waals surface area contributed by atoms with Crippen molar-refractivity contribution in [2.45, 2.75) is 57.4 Å². The van der Waals surface area contributed by atoms with Gasteiger partial charge in [-0.3, -0.25) is 19.8 Å². The van der Waals surface area contributed by atoms with Crippen molar-refractivity contribution in [3.8, 4) is 0 Å². The Morgan fingerprint density at radius 2 is 1.73 bits per heavy atom. The molecule has 30 heavy (non-hydrogen) atoms. The number of hydrazine groups is 1. The van der Waals surface area contributed by atoms with Gasteiger partial charge < -0.3 is 10.4 Å². The number of benzene rings is 1. The molecule has 2 amide bonds. The topological polar surface area (TPSA) is 98.7 Å². The lowest BCUT2D eigenvalue weighted by molar-refractivity contribution is -0.137. The number of piperidine rings is 1. The van der Waals surface area contributed by atoms with Crippen LogP contribution in [0.1, 0.15) is 61.7 Å². The Labute approximate surface area is 186 Å². The van der Waals surface area contributed by atoms with E-state index in [1.807, 2.05) is 5.01 Å². The minimum absolute atomic E-state index is 0.00793. The number of hydrogen-bond acceptors (Lipinski definition) is 4. The first kappa shape index (κ1) is 22.8. The summed E-state index contributed by atoms with van der Waals surface area (Å²) in [6, 6.07) is 3.45. The van der Waals surface area contributed by atoms with E-state index in [1.54, 1.807) is 0 Å². The summed E-state index contributed by atoms with van der Waals surface area (Å²) in [7, 11) is 0. The number of halogens is 2. The Bertz CT molecular complexity index is 801. The van der Waals surface area contributed by atoms with Crippen LogP contribution in [0.4, 0.5) is 0 Å². The van der Waals surface area contributed by atoms with Crippen LogP contribution in [-0.2, 0) is 9.59 Å². The summed E-state index contributed by atoms with van der Waals surface area (Å²) >= 11 is 11.8. The van der Waals surface area contributed by atoms with E-state index in [2.05, 4.69) is 10.7 Å². The van der Waals surface area contributed by atoms with E-state index in [0.717, 1.165) is 25.9 Å². The Kier molecular flexibility index (Phi) is 7.60. The third-order valence-electron chi connectivity index (χ3n) is 6.21. The first-order valence-corrected chi connectivity index (χ1v) is 11.1. The van der Waals surface area contributed by atoms with Gasteiger partial charge in [-0.25, -0.2) is 5.01 Å². The maximum absolute atomic E-state index is 12.8. The molecule has 1 atom stereocenters. The molecule has 1 aromatic carbocycles. The van der Waals surface area contributed by atoms with Crippen molar-refractivity contribution in [1.82, 2.24) is 15.8 Å². The number of rotatable bonds is 7. The van der Waals surface area contributed by atoms with Crippen molar-refractivity contribution in [1.29, 1.82) is 0 Å². The maximum atomic E-state index is 12.8. The van der Waals surface area contributed by atoms with Crippen LogP contribution in [0.5, 0.6) is 0 Å². The molecule has 9 heteroatoms. The third kappa shape index (κ3) is 5.86. The molecule has 1 aliphatic heterocycles. The summed E-state index contributed by atoms with van der Waals surface area (Å²) in [6.07, 6.45) is 6.93. The molecule has 7 nitrogen and oxygen atoms in total. The number of amides is 2. The quantitative estimate of drug-likeness (QED) is 0.582. The van der Waals surface area contributed by atoms with E-state index in [-0.39, 0.29) is 23.4 Å². The summed E-state index contributed by atoms with van der Waals surface area (Å²) in [6.45, 7) is 1.52. The van der Waals surface area contributed by atoms with Crippen LogP contribution in [0.2, 0.25) is 10.0 Å². The van der Waals surface area contributed by atoms with Gasteiger partial charge in [0.1, 0.15) is 6.04 Å². The molecule has 0 unspecified atom stereocenters. The van der Waals surface area contributed by atoms with Gasteiger partial charge in [-0.05, 0) is 55.7 Å². The summed E-state index contributed by atoms with van der Waals surface area (Å²) in [5.74, 6) is -1.95. The van der Waals surface area contributed by atoms with Crippen LogP contribution >= 0.6 is 23.2 Å². The smallest absolute Gasteiger partial charge is 0.303 e. The van der Waals surface area contributed by atoms with Gasteiger partial charge in [0.25, 0.3) is 11.8 Å². The average Bonchev–Trinajstić information content (AvgIpc) is 3.17. The Balaban J connectivity index is 1.60. The lowest BCUT2D eigenvalue weighted by Crippen LogP contribution is -2.55. The van der Waals surface area contributed by atoms with Crippen molar-refractivity contribution in [2.24, 2.45) is 5.41 Å². The fourth-order valence-corrected chi connectivity index (χ4v) is 4.67. The predicted molar refractivity (Wildman–Crippen MR) is 114 cm³/mol. The lowest BCUT2D eigenvalue weighted by Gasteiger charge is -2.39. The zero-order chi connectivity index (χ0) is 21.7. The molecule has 1 aliphatic carbocycles. The molecular weight excluding hydrogens is 429 g/mol. The molecule has 0 aromatic heterocycles. The molecule has 1 heterocycles. The van der Waals surface area contributed by atoms with Crippen molar-refractivity contribution >= 4 is 41.0 Å². The van der Waals surface area contributed by atoms with Gasteiger partial charge in [0.2, 0.25) is 0 Å². The molecule has 0 bridgehead atoms. The number of carbonyl (C=O) groups excluding carboxylic acids is 2. The number of nitrogens with one attached hydrogen (secondary N) is 2. The second-order valence-electron chi connectivity index (χ2n) is 8.26. The number of nitrogens with zero attached hydrogens (tertiary/aromatic N) is 1. The second-order valence-corrected chi connectivity index (χ2v) is 9.07. The Hall–Kier alpha value is -1.83. The van der Waals surface area contributed by atoms with Gasteiger partial charge >= 0.3 is 5.97 Å². The highest BCUT2D eigenvalue weighted by molar-refractivity contribution is 6.42. The van der Waals surface area contributed by atoms with Gasteiger partial charge in [0.05, 0.1) is 10.0 Å². The first-order valence-electron chi connectivity index (χ1n) is 10.3. The molecular formula is C21H27Cl2N3O4. The summed E-state index contributed by atoms with van der Waals surface area (Å²) < 4.78 is 0. The van der Waals surface area contributed by atoms with E-state index in [4.69, 9.17) is 28.3 Å².